The van der Waals surface area contributed by atoms with Crippen LogP contribution in [0.4, 0.5) is 0 Å². The second-order valence-electron chi connectivity index (χ2n) is 15.4. The topological polar surface area (TPSA) is 40.5 Å². The minimum absolute atomic E-state index is 0.0901. The van der Waals surface area contributed by atoms with Crippen molar-refractivity contribution < 1.29 is 10.2 Å². The SMILES string of the molecule is CC1(C)CC[C@]2(C)CC[C@]3(C)C(=CC[C@@H]4[C@@]5(C)CC[C@H](O)C(C)(C)[C@@H]5[C@@H](O)C[C@]43C)C2C1. The van der Waals surface area contributed by atoms with Crippen molar-refractivity contribution in [3.63, 3.8) is 0 Å². The average Bonchev–Trinajstić information content (AvgIpc) is 2.67. The van der Waals surface area contributed by atoms with Crippen molar-refractivity contribution in [3.8, 4) is 0 Å². The first-order valence-electron chi connectivity index (χ1n) is 13.7. The Labute approximate surface area is 197 Å². The molecule has 0 heterocycles. The predicted octanol–water partition coefficient (Wildman–Crippen LogP) is 7.14. The summed E-state index contributed by atoms with van der Waals surface area (Å²) in [7, 11) is 0. The van der Waals surface area contributed by atoms with Gasteiger partial charge in [-0.1, -0.05) is 67.0 Å². The van der Waals surface area contributed by atoms with Gasteiger partial charge in [0.1, 0.15) is 0 Å². The smallest absolute Gasteiger partial charge is 0.0595 e. The Balaban J connectivity index is 1.60. The van der Waals surface area contributed by atoms with Crippen LogP contribution in [0.3, 0.4) is 0 Å². The summed E-state index contributed by atoms with van der Waals surface area (Å²) < 4.78 is 0. The minimum Gasteiger partial charge on any atom is -0.393 e. The highest BCUT2D eigenvalue weighted by atomic mass is 16.3. The quantitative estimate of drug-likeness (QED) is 0.391. The highest BCUT2D eigenvalue weighted by Gasteiger charge is 2.69. The van der Waals surface area contributed by atoms with E-state index in [-0.39, 0.29) is 39.8 Å². The molecule has 5 aliphatic carbocycles. The first kappa shape index (κ1) is 23.4. The molecule has 0 aromatic carbocycles. The lowest BCUT2D eigenvalue weighted by atomic mass is 9.33. The van der Waals surface area contributed by atoms with Crippen LogP contribution in [0.25, 0.3) is 0 Å². The molecular weight excluding hydrogens is 392 g/mol. The van der Waals surface area contributed by atoms with Crippen molar-refractivity contribution in [1.82, 2.24) is 0 Å². The molecule has 9 atom stereocenters. The lowest BCUT2D eigenvalue weighted by Crippen LogP contribution is -2.68. The second-order valence-corrected chi connectivity index (χ2v) is 15.4. The number of aliphatic hydroxyl groups excluding tert-OH is 2. The Morgan fingerprint density at radius 3 is 2.16 bits per heavy atom. The van der Waals surface area contributed by atoms with Gasteiger partial charge in [-0.2, -0.15) is 0 Å². The first-order chi connectivity index (χ1) is 14.6. The number of hydrogen-bond donors (Lipinski definition) is 2. The van der Waals surface area contributed by atoms with E-state index < -0.39 is 0 Å². The summed E-state index contributed by atoms with van der Waals surface area (Å²) >= 11 is 0. The number of rotatable bonds is 0. The van der Waals surface area contributed by atoms with Crippen molar-refractivity contribution in [3.05, 3.63) is 11.6 Å². The van der Waals surface area contributed by atoms with Gasteiger partial charge in [-0.25, -0.2) is 0 Å². The van der Waals surface area contributed by atoms with E-state index in [1.807, 2.05) is 0 Å². The van der Waals surface area contributed by atoms with Gasteiger partial charge < -0.3 is 10.2 Å². The normalized spacial score (nSPS) is 56.2. The Morgan fingerprint density at radius 1 is 0.812 bits per heavy atom. The second kappa shape index (κ2) is 6.66. The monoisotopic (exact) mass is 442 g/mol. The molecule has 0 aromatic heterocycles. The third-order valence-corrected chi connectivity index (χ3v) is 12.9. The van der Waals surface area contributed by atoms with Gasteiger partial charge in [0, 0.05) is 0 Å². The van der Waals surface area contributed by atoms with Crippen molar-refractivity contribution in [1.29, 1.82) is 0 Å². The molecule has 0 aromatic rings. The van der Waals surface area contributed by atoms with Crippen molar-refractivity contribution in [2.24, 2.45) is 50.2 Å². The van der Waals surface area contributed by atoms with E-state index in [0.29, 0.717) is 22.7 Å². The maximum atomic E-state index is 11.8. The molecule has 2 heteroatoms. The fourth-order valence-corrected chi connectivity index (χ4v) is 10.7. The van der Waals surface area contributed by atoms with Crippen molar-refractivity contribution in [2.75, 3.05) is 0 Å². The first-order valence-corrected chi connectivity index (χ1v) is 13.7. The van der Waals surface area contributed by atoms with E-state index >= 15 is 0 Å². The van der Waals surface area contributed by atoms with E-state index in [4.69, 9.17) is 0 Å². The van der Waals surface area contributed by atoms with Crippen LogP contribution < -0.4 is 0 Å². The summed E-state index contributed by atoms with van der Waals surface area (Å²) in [5, 5.41) is 22.7. The Bertz CT molecular complexity index is 825. The molecule has 0 bridgehead atoms. The van der Waals surface area contributed by atoms with E-state index in [1.54, 1.807) is 5.57 Å². The Kier molecular flexibility index (Phi) is 4.87. The van der Waals surface area contributed by atoms with E-state index in [1.165, 1.54) is 38.5 Å². The maximum Gasteiger partial charge on any atom is 0.0595 e. The summed E-state index contributed by atoms with van der Waals surface area (Å²) in [6.07, 6.45) is 12.8. The Morgan fingerprint density at radius 2 is 1.47 bits per heavy atom. The molecule has 2 N–H and O–H groups in total. The molecular formula is C30H50O2. The van der Waals surface area contributed by atoms with Gasteiger partial charge in [-0.15, -0.1) is 0 Å². The van der Waals surface area contributed by atoms with Gasteiger partial charge in [-0.05, 0) is 108 Å². The van der Waals surface area contributed by atoms with Gasteiger partial charge >= 0.3 is 0 Å². The van der Waals surface area contributed by atoms with E-state index in [9.17, 15) is 10.2 Å². The van der Waals surface area contributed by atoms with Gasteiger partial charge in [0.25, 0.3) is 0 Å². The third-order valence-electron chi connectivity index (χ3n) is 12.9. The van der Waals surface area contributed by atoms with Gasteiger partial charge in [0.2, 0.25) is 0 Å². The molecule has 2 nitrogen and oxygen atoms in total. The molecule has 4 fully saturated rings. The number of allylic oxidation sites excluding steroid dienone is 2. The molecule has 182 valence electrons. The standard InChI is InChI=1S/C30H50O2/c1-25(2)13-14-27(5)15-16-29(7)19(20(27)17-25)9-10-22-28(6)12-11-23(32)26(3,4)24(28)21(31)18-30(22,29)8/h9,20-24,31-32H,10-18H2,1-8H3/t20?,21-,22+,23-,24-,27+,28+,29+,30+/m0/s1. The molecule has 0 amide bonds. The molecule has 0 aliphatic heterocycles. The summed E-state index contributed by atoms with van der Waals surface area (Å²) in [5.41, 5.74) is 2.84. The summed E-state index contributed by atoms with van der Waals surface area (Å²) in [6.45, 7) is 19.6. The van der Waals surface area contributed by atoms with Crippen LogP contribution in [0, 0.1) is 50.2 Å². The van der Waals surface area contributed by atoms with Crippen LogP contribution in [-0.2, 0) is 0 Å². The van der Waals surface area contributed by atoms with Crippen LogP contribution in [0.5, 0.6) is 0 Å². The highest BCUT2D eigenvalue weighted by molar-refractivity contribution is 5.34. The van der Waals surface area contributed by atoms with Crippen LogP contribution in [-0.4, -0.2) is 22.4 Å². The third kappa shape index (κ3) is 2.78. The highest BCUT2D eigenvalue weighted by Crippen LogP contribution is 2.75. The zero-order valence-corrected chi connectivity index (χ0v) is 22.2. The fraction of sp³-hybridized carbons (Fsp3) is 0.933. The number of fused-ring (bicyclic) bond motifs is 7. The Hall–Kier alpha value is -0.340. The van der Waals surface area contributed by atoms with Crippen molar-refractivity contribution in [2.45, 2.75) is 125 Å². The minimum atomic E-state index is -0.321. The summed E-state index contributed by atoms with van der Waals surface area (Å²) in [5.74, 6) is 1.47. The average molecular weight is 443 g/mol. The zero-order valence-electron chi connectivity index (χ0n) is 22.2. The number of aliphatic hydroxyl groups is 2. The molecule has 5 aliphatic rings. The van der Waals surface area contributed by atoms with Crippen molar-refractivity contribution >= 4 is 0 Å². The molecule has 1 unspecified atom stereocenters. The summed E-state index contributed by atoms with van der Waals surface area (Å²) in [4.78, 5) is 0. The van der Waals surface area contributed by atoms with E-state index in [0.717, 1.165) is 19.3 Å². The lowest BCUT2D eigenvalue weighted by molar-refractivity contribution is -0.241. The molecule has 0 saturated heterocycles. The van der Waals surface area contributed by atoms with Crippen LogP contribution >= 0.6 is 0 Å². The molecule has 0 spiro atoms. The van der Waals surface area contributed by atoms with Gasteiger partial charge in [0.15, 0.2) is 0 Å². The molecule has 32 heavy (non-hydrogen) atoms. The zero-order chi connectivity index (χ0) is 23.5. The maximum absolute atomic E-state index is 11.8. The predicted molar refractivity (Wildman–Crippen MR) is 132 cm³/mol. The number of hydrogen-bond acceptors (Lipinski definition) is 2. The van der Waals surface area contributed by atoms with E-state index in [2.05, 4.69) is 61.5 Å². The largest absolute Gasteiger partial charge is 0.393 e. The molecule has 0 radical (unpaired) electrons. The van der Waals surface area contributed by atoms with Gasteiger partial charge in [0.05, 0.1) is 12.2 Å². The van der Waals surface area contributed by atoms with Gasteiger partial charge in [-0.3, -0.25) is 0 Å². The summed E-state index contributed by atoms with van der Waals surface area (Å²) in [6, 6.07) is 0. The van der Waals surface area contributed by atoms with Crippen LogP contribution in [0.2, 0.25) is 0 Å². The van der Waals surface area contributed by atoms with Crippen LogP contribution in [0.15, 0.2) is 11.6 Å². The fourth-order valence-electron chi connectivity index (χ4n) is 10.7. The molecule has 5 rings (SSSR count). The van der Waals surface area contributed by atoms with Crippen LogP contribution in [0.1, 0.15) is 113 Å². The molecule has 4 saturated carbocycles. The lowest BCUT2D eigenvalue weighted by Gasteiger charge is -2.72.